The van der Waals surface area contributed by atoms with Crippen molar-refractivity contribution in [1.82, 2.24) is 9.55 Å². The van der Waals surface area contributed by atoms with Gasteiger partial charge < -0.3 is 23.1 Å². The number of H-pyrrole nitrogens is 1. The van der Waals surface area contributed by atoms with E-state index in [0.29, 0.717) is 6.42 Å². The summed E-state index contributed by atoms with van der Waals surface area (Å²) in [5.41, 5.74) is 0.895. The molecule has 1 heterocycles. The van der Waals surface area contributed by atoms with Gasteiger partial charge in [0.05, 0.1) is 39.1 Å². The smallest absolute Gasteiger partial charge is 0.328 e. The minimum absolute atomic E-state index is 0.0905. The van der Waals surface area contributed by atoms with Crippen molar-refractivity contribution in [1.29, 1.82) is 0 Å². The zero-order valence-electron chi connectivity index (χ0n) is 34.2. The van der Waals surface area contributed by atoms with Gasteiger partial charge in [0.1, 0.15) is 17.1 Å². The highest BCUT2D eigenvalue weighted by molar-refractivity contribution is 6.74. The fourth-order valence-electron chi connectivity index (χ4n) is 6.84. The second kappa shape index (κ2) is 15.8. The zero-order chi connectivity index (χ0) is 39.7. The fraction of sp³-hybridized carbons (Fsp3) is 0.488. The predicted octanol–water partition coefficient (Wildman–Crippen LogP) is 8.90. The van der Waals surface area contributed by atoms with E-state index in [9.17, 15) is 9.59 Å². The van der Waals surface area contributed by atoms with E-state index in [0.717, 1.165) is 28.2 Å². The Labute approximate surface area is 323 Å². The highest BCUT2D eigenvalue weighted by atomic mass is 28.4. The van der Waals surface area contributed by atoms with E-state index in [1.165, 1.54) is 6.07 Å². The number of rotatable bonds is 13. The summed E-state index contributed by atoms with van der Waals surface area (Å²) in [7, 11) is -1.50. The molecule has 292 valence electrons. The molecule has 3 aromatic carbocycles. The average molecular weight is 773 g/mol. The molecule has 5 rings (SSSR count). The number of hydrogen-bond donors (Lipinski definition) is 1. The number of aromatic amines is 1. The first kappa shape index (κ1) is 41.4. The highest BCUT2D eigenvalue weighted by Crippen LogP contribution is 2.49. The average Bonchev–Trinajstić information content (AvgIpc) is 3.43. The van der Waals surface area contributed by atoms with Gasteiger partial charge in [-0.15, -0.1) is 0 Å². The molecule has 1 aliphatic rings. The SMILES string of the molecule is COc1ccc(C(OC[C@H]2C[C@@H](n3ccc(=O)[nH]c3=O)[C@H](O[Si](C)(C)C(C)(C)C)[C@@H]2O[Si](C)(C)C(C)(C)C)(c2ccccc2)c2ccc(OC)cc2)cc1. The van der Waals surface area contributed by atoms with Crippen LogP contribution in [0.3, 0.4) is 0 Å². The summed E-state index contributed by atoms with van der Waals surface area (Å²) in [5.74, 6) is 1.31. The summed E-state index contributed by atoms with van der Waals surface area (Å²) in [4.78, 5) is 28.3. The molecule has 0 saturated heterocycles. The van der Waals surface area contributed by atoms with Crippen molar-refractivity contribution >= 4 is 16.6 Å². The van der Waals surface area contributed by atoms with Gasteiger partial charge >= 0.3 is 5.69 Å². The predicted molar refractivity (Wildman–Crippen MR) is 221 cm³/mol. The molecular weight excluding hydrogens is 713 g/mol. The Morgan fingerprint density at radius 3 is 1.57 bits per heavy atom. The van der Waals surface area contributed by atoms with Crippen LogP contribution in [0.4, 0.5) is 0 Å². The van der Waals surface area contributed by atoms with Crippen LogP contribution in [0, 0.1) is 5.92 Å². The molecule has 54 heavy (non-hydrogen) atoms. The third-order valence-electron chi connectivity index (χ3n) is 12.1. The summed E-state index contributed by atoms with van der Waals surface area (Å²) in [6, 6.07) is 27.3. The Bertz CT molecular complexity index is 1910. The molecule has 9 nitrogen and oxygen atoms in total. The number of methoxy groups -OCH3 is 2. The van der Waals surface area contributed by atoms with Crippen LogP contribution in [0.2, 0.25) is 36.3 Å². The molecule has 0 amide bonds. The molecule has 11 heteroatoms. The lowest BCUT2D eigenvalue weighted by molar-refractivity contribution is -0.0430. The Kier molecular flexibility index (Phi) is 12.1. The third kappa shape index (κ3) is 8.40. The standard InChI is InChI=1S/C43H60N2O7Si2/c1-41(2,3)53(9,10)51-38-30(28-36(45-27-26-37(46)44-40(45)47)39(38)52-54(11,12)42(4,5)6)29-50-43(31-16-14-13-15-17-31,32-18-22-34(48-7)23-19-32)33-20-24-35(49-8)25-21-33/h13-27,30,36,38-39H,28-29H2,1-12H3,(H,44,46,47)/t30-,36-,38-,39+/m1/s1. The van der Waals surface area contributed by atoms with Gasteiger partial charge in [-0.3, -0.25) is 14.3 Å². The largest absolute Gasteiger partial charge is 0.497 e. The number of hydrogen-bond acceptors (Lipinski definition) is 7. The maximum Gasteiger partial charge on any atom is 0.328 e. The van der Waals surface area contributed by atoms with Gasteiger partial charge in [0.25, 0.3) is 5.56 Å². The first-order valence-electron chi connectivity index (χ1n) is 18.9. The Balaban J connectivity index is 1.70. The van der Waals surface area contributed by atoms with Crippen molar-refractivity contribution in [3.05, 3.63) is 129 Å². The van der Waals surface area contributed by atoms with Crippen LogP contribution in [0.25, 0.3) is 0 Å². The van der Waals surface area contributed by atoms with E-state index in [-0.39, 0.29) is 22.6 Å². The van der Waals surface area contributed by atoms with Gasteiger partial charge in [-0.1, -0.05) is 96.1 Å². The molecule has 0 bridgehead atoms. The van der Waals surface area contributed by atoms with E-state index in [4.69, 9.17) is 23.1 Å². The van der Waals surface area contributed by atoms with E-state index in [1.54, 1.807) is 25.0 Å². The van der Waals surface area contributed by atoms with Gasteiger partial charge in [-0.25, -0.2) is 4.79 Å². The molecule has 1 aliphatic carbocycles. The van der Waals surface area contributed by atoms with Crippen LogP contribution in [0.1, 0.15) is 70.7 Å². The topological polar surface area (TPSA) is 101 Å². The summed E-state index contributed by atoms with van der Waals surface area (Å²) >= 11 is 0. The molecule has 0 unspecified atom stereocenters. The molecule has 1 aromatic heterocycles. The van der Waals surface area contributed by atoms with Crippen LogP contribution in [0.15, 0.2) is 101 Å². The summed E-state index contributed by atoms with van der Waals surface area (Å²) in [6.07, 6.45) is 1.28. The minimum Gasteiger partial charge on any atom is -0.497 e. The molecule has 1 saturated carbocycles. The number of nitrogens with zero attached hydrogens (tertiary/aromatic N) is 1. The third-order valence-corrected chi connectivity index (χ3v) is 21.0. The maximum absolute atomic E-state index is 13.5. The molecule has 0 aliphatic heterocycles. The zero-order valence-corrected chi connectivity index (χ0v) is 36.2. The second-order valence-electron chi connectivity index (χ2n) is 17.6. The lowest BCUT2D eigenvalue weighted by Gasteiger charge is -2.45. The minimum atomic E-state index is -2.42. The van der Waals surface area contributed by atoms with E-state index in [2.05, 4.69) is 109 Å². The van der Waals surface area contributed by atoms with Crippen molar-refractivity contribution < 1.29 is 23.1 Å². The summed E-state index contributed by atoms with van der Waals surface area (Å²) in [5, 5.41) is -0.193. The fourth-order valence-corrected chi connectivity index (χ4v) is 9.52. The summed E-state index contributed by atoms with van der Waals surface area (Å²) < 4.78 is 35.1. The molecule has 4 atom stereocenters. The van der Waals surface area contributed by atoms with E-state index < -0.39 is 51.7 Å². The molecule has 1 fully saturated rings. The van der Waals surface area contributed by atoms with E-state index in [1.807, 2.05) is 42.5 Å². The van der Waals surface area contributed by atoms with Gasteiger partial charge in [-0.05, 0) is 83.6 Å². The number of ether oxygens (including phenoxy) is 3. The first-order valence-corrected chi connectivity index (χ1v) is 24.7. The van der Waals surface area contributed by atoms with Crippen LogP contribution in [0.5, 0.6) is 11.5 Å². The van der Waals surface area contributed by atoms with Crippen molar-refractivity contribution in [2.45, 2.75) is 108 Å². The van der Waals surface area contributed by atoms with Crippen molar-refractivity contribution in [3.8, 4) is 11.5 Å². The molecule has 4 aromatic rings. The Morgan fingerprint density at radius 2 is 1.13 bits per heavy atom. The lowest BCUT2D eigenvalue weighted by atomic mass is 9.79. The molecule has 1 N–H and O–H groups in total. The molecule has 0 spiro atoms. The number of nitrogens with one attached hydrogen (secondary N) is 1. The van der Waals surface area contributed by atoms with Crippen LogP contribution in [-0.2, 0) is 19.2 Å². The highest BCUT2D eigenvalue weighted by Gasteiger charge is 2.54. The van der Waals surface area contributed by atoms with Crippen LogP contribution < -0.4 is 20.7 Å². The number of benzene rings is 3. The lowest BCUT2D eigenvalue weighted by Crippen LogP contribution is -2.53. The number of aromatic nitrogens is 2. The Hall–Kier alpha value is -3.75. The summed E-state index contributed by atoms with van der Waals surface area (Å²) in [6.45, 7) is 22.7. The molecular formula is C43H60N2O7Si2. The monoisotopic (exact) mass is 772 g/mol. The van der Waals surface area contributed by atoms with Gasteiger partial charge in [-0.2, -0.15) is 0 Å². The van der Waals surface area contributed by atoms with Crippen molar-refractivity contribution in [2.24, 2.45) is 5.92 Å². The molecule has 0 radical (unpaired) electrons. The Morgan fingerprint density at radius 1 is 0.667 bits per heavy atom. The normalized spacial score (nSPS) is 19.9. The first-order chi connectivity index (χ1) is 25.2. The second-order valence-corrected chi connectivity index (χ2v) is 27.1. The van der Waals surface area contributed by atoms with Crippen LogP contribution in [-0.4, -0.2) is 59.2 Å². The van der Waals surface area contributed by atoms with Gasteiger partial charge in [0.15, 0.2) is 16.6 Å². The van der Waals surface area contributed by atoms with Crippen molar-refractivity contribution in [3.63, 3.8) is 0 Å². The van der Waals surface area contributed by atoms with Crippen molar-refractivity contribution in [2.75, 3.05) is 20.8 Å². The van der Waals surface area contributed by atoms with Gasteiger partial charge in [0.2, 0.25) is 0 Å². The van der Waals surface area contributed by atoms with Gasteiger partial charge in [0, 0.05) is 18.2 Å². The maximum atomic E-state index is 13.5. The van der Waals surface area contributed by atoms with Crippen LogP contribution >= 0.6 is 0 Å². The quantitative estimate of drug-likeness (QED) is 0.107. The van der Waals surface area contributed by atoms with E-state index >= 15 is 0 Å².